The van der Waals surface area contributed by atoms with Crippen molar-refractivity contribution < 1.29 is 22.6 Å². The molecule has 0 saturated carbocycles. The minimum absolute atomic E-state index is 0.0695. The number of aromatic nitrogens is 2. The van der Waals surface area contributed by atoms with Crippen molar-refractivity contribution in [1.82, 2.24) is 9.97 Å². The number of ether oxygens (including phenoxy) is 2. The summed E-state index contributed by atoms with van der Waals surface area (Å²) >= 11 is 0. The summed E-state index contributed by atoms with van der Waals surface area (Å²) < 4.78 is 49.0. The number of halogens is 3. The normalized spacial score (nSPS) is 13.5. The van der Waals surface area contributed by atoms with Crippen molar-refractivity contribution in [3.8, 4) is 11.5 Å². The molecule has 110 valence electrons. The number of aromatic amines is 1. The van der Waals surface area contributed by atoms with Crippen LogP contribution in [0.25, 0.3) is 0 Å². The van der Waals surface area contributed by atoms with E-state index in [4.69, 9.17) is 9.47 Å². The fraction of sp³-hybridized carbons (Fsp3) is 0.231. The molecule has 1 aliphatic rings. The molecule has 0 atom stereocenters. The molecule has 3 rings (SSSR count). The van der Waals surface area contributed by atoms with Crippen molar-refractivity contribution in [3.63, 3.8) is 0 Å². The summed E-state index contributed by atoms with van der Waals surface area (Å²) in [6.45, 7) is 0.0695. The van der Waals surface area contributed by atoms with Crippen LogP contribution in [0.3, 0.4) is 0 Å². The first-order valence-corrected chi connectivity index (χ1v) is 5.97. The molecule has 0 bridgehead atoms. The summed E-state index contributed by atoms with van der Waals surface area (Å²) in [5.74, 6) is 0.969. The van der Waals surface area contributed by atoms with Gasteiger partial charge in [-0.05, 0) is 17.7 Å². The van der Waals surface area contributed by atoms with Gasteiger partial charge in [-0.25, -0.2) is 4.98 Å². The van der Waals surface area contributed by atoms with E-state index in [1.807, 2.05) is 0 Å². The summed E-state index contributed by atoms with van der Waals surface area (Å²) in [6.07, 6.45) is -4.14. The van der Waals surface area contributed by atoms with Gasteiger partial charge in [-0.1, -0.05) is 6.07 Å². The molecule has 0 unspecified atom stereocenters. The molecule has 0 saturated heterocycles. The Balaban J connectivity index is 2.00. The van der Waals surface area contributed by atoms with Crippen LogP contribution in [0.4, 0.5) is 13.2 Å². The Morgan fingerprint density at radius 1 is 1.24 bits per heavy atom. The highest BCUT2D eigenvalue weighted by atomic mass is 19.4. The molecule has 0 amide bonds. The first-order chi connectivity index (χ1) is 9.95. The van der Waals surface area contributed by atoms with E-state index >= 15 is 0 Å². The molecule has 21 heavy (non-hydrogen) atoms. The monoisotopic (exact) mass is 298 g/mol. The zero-order chi connectivity index (χ0) is 15.0. The lowest BCUT2D eigenvalue weighted by Crippen LogP contribution is -2.22. The van der Waals surface area contributed by atoms with Crippen molar-refractivity contribution in [1.29, 1.82) is 0 Å². The van der Waals surface area contributed by atoms with Crippen LogP contribution in [0.15, 0.2) is 29.3 Å². The predicted octanol–water partition coefficient (Wildman–Crippen LogP) is 2.11. The average molecular weight is 298 g/mol. The summed E-state index contributed by atoms with van der Waals surface area (Å²) in [4.78, 5) is 17.1. The van der Waals surface area contributed by atoms with Gasteiger partial charge < -0.3 is 14.5 Å². The van der Waals surface area contributed by atoms with Crippen molar-refractivity contribution in [3.05, 3.63) is 51.7 Å². The second-order valence-electron chi connectivity index (χ2n) is 4.42. The maximum Gasteiger partial charge on any atom is 0.433 e. The van der Waals surface area contributed by atoms with Crippen LogP contribution < -0.4 is 15.0 Å². The first-order valence-electron chi connectivity index (χ1n) is 5.97. The summed E-state index contributed by atoms with van der Waals surface area (Å²) in [7, 11) is 0. The summed E-state index contributed by atoms with van der Waals surface area (Å²) in [6, 6.07) is 4.73. The molecular weight excluding hydrogens is 289 g/mol. The molecule has 0 spiro atoms. The molecule has 1 N–H and O–H groups in total. The van der Waals surface area contributed by atoms with Gasteiger partial charge in [0.25, 0.3) is 5.56 Å². The van der Waals surface area contributed by atoms with Gasteiger partial charge in [0.2, 0.25) is 6.79 Å². The SMILES string of the molecule is O=c1[nH]cnc(C(F)(F)F)c1Cc1ccc2c(c1)OCO2. The Morgan fingerprint density at radius 2 is 2.00 bits per heavy atom. The quantitative estimate of drug-likeness (QED) is 0.922. The van der Waals surface area contributed by atoms with Gasteiger partial charge in [-0.15, -0.1) is 0 Å². The highest BCUT2D eigenvalue weighted by Crippen LogP contribution is 2.34. The van der Waals surface area contributed by atoms with Gasteiger partial charge in [-0.2, -0.15) is 13.2 Å². The number of benzene rings is 1. The number of hydrogen-bond donors (Lipinski definition) is 1. The third-order valence-electron chi connectivity index (χ3n) is 3.04. The Bertz CT molecular complexity index is 740. The third kappa shape index (κ3) is 2.56. The number of rotatable bonds is 2. The second-order valence-corrected chi connectivity index (χ2v) is 4.42. The highest BCUT2D eigenvalue weighted by molar-refractivity contribution is 5.45. The van der Waals surface area contributed by atoms with Crippen LogP contribution in [-0.2, 0) is 12.6 Å². The van der Waals surface area contributed by atoms with Crippen LogP contribution in [0.1, 0.15) is 16.8 Å². The fourth-order valence-electron chi connectivity index (χ4n) is 2.09. The van der Waals surface area contributed by atoms with E-state index in [-0.39, 0.29) is 13.2 Å². The standard InChI is InChI=1S/C13H9F3N2O3/c14-13(15,16)11-8(12(19)18-5-17-11)3-7-1-2-9-10(4-7)21-6-20-9/h1-2,4-5H,3,6H2,(H,17,18,19). The molecule has 8 heteroatoms. The van der Waals surface area contributed by atoms with Crippen LogP contribution in [-0.4, -0.2) is 16.8 Å². The van der Waals surface area contributed by atoms with E-state index in [1.165, 1.54) is 0 Å². The van der Waals surface area contributed by atoms with Crippen LogP contribution in [0.5, 0.6) is 11.5 Å². The predicted molar refractivity (Wildman–Crippen MR) is 65.2 cm³/mol. The van der Waals surface area contributed by atoms with Gasteiger partial charge in [0.1, 0.15) is 0 Å². The summed E-state index contributed by atoms with van der Waals surface area (Å²) in [5.41, 5.74) is -1.91. The molecule has 2 aromatic rings. The zero-order valence-corrected chi connectivity index (χ0v) is 10.5. The largest absolute Gasteiger partial charge is 0.454 e. The van der Waals surface area contributed by atoms with Gasteiger partial charge >= 0.3 is 6.18 Å². The average Bonchev–Trinajstić information content (AvgIpc) is 2.87. The van der Waals surface area contributed by atoms with Gasteiger partial charge in [0, 0.05) is 6.42 Å². The molecular formula is C13H9F3N2O3. The molecule has 0 radical (unpaired) electrons. The van der Waals surface area contributed by atoms with Crippen molar-refractivity contribution in [2.24, 2.45) is 0 Å². The number of hydrogen-bond acceptors (Lipinski definition) is 4. The summed E-state index contributed by atoms with van der Waals surface area (Å²) in [5, 5.41) is 0. The van der Waals surface area contributed by atoms with Gasteiger partial charge in [0.05, 0.1) is 11.9 Å². The van der Waals surface area contributed by atoms with Gasteiger partial charge in [-0.3, -0.25) is 4.79 Å². The van der Waals surface area contributed by atoms with Crippen molar-refractivity contribution >= 4 is 0 Å². The van der Waals surface area contributed by atoms with E-state index in [0.29, 0.717) is 17.1 Å². The lowest BCUT2D eigenvalue weighted by molar-refractivity contribution is -0.141. The third-order valence-corrected chi connectivity index (χ3v) is 3.04. The number of nitrogens with one attached hydrogen (secondary N) is 1. The van der Waals surface area contributed by atoms with Crippen molar-refractivity contribution in [2.45, 2.75) is 12.6 Å². The lowest BCUT2D eigenvalue weighted by Gasteiger charge is -2.10. The highest BCUT2D eigenvalue weighted by Gasteiger charge is 2.36. The molecule has 1 aliphatic heterocycles. The van der Waals surface area contributed by atoms with E-state index in [2.05, 4.69) is 9.97 Å². The first kappa shape index (κ1) is 13.5. The second kappa shape index (κ2) is 4.80. The van der Waals surface area contributed by atoms with E-state index in [9.17, 15) is 18.0 Å². The van der Waals surface area contributed by atoms with Gasteiger partial charge in [0.15, 0.2) is 17.2 Å². The number of H-pyrrole nitrogens is 1. The maximum absolute atomic E-state index is 12.9. The molecule has 0 aliphatic carbocycles. The minimum atomic E-state index is -4.68. The maximum atomic E-state index is 12.9. The van der Waals surface area contributed by atoms with Crippen LogP contribution >= 0.6 is 0 Å². The minimum Gasteiger partial charge on any atom is -0.454 e. The molecule has 5 nitrogen and oxygen atoms in total. The molecule has 0 fully saturated rings. The van der Waals surface area contributed by atoms with E-state index < -0.39 is 23.0 Å². The Kier molecular flexibility index (Phi) is 3.08. The Hall–Kier alpha value is -2.51. The number of fused-ring (bicyclic) bond motifs is 1. The topological polar surface area (TPSA) is 64.2 Å². The number of nitrogens with zero attached hydrogens (tertiary/aromatic N) is 1. The van der Waals surface area contributed by atoms with Crippen LogP contribution in [0.2, 0.25) is 0 Å². The number of alkyl halides is 3. The van der Waals surface area contributed by atoms with Crippen LogP contribution in [0, 0.1) is 0 Å². The van der Waals surface area contributed by atoms with Crippen molar-refractivity contribution in [2.75, 3.05) is 6.79 Å². The lowest BCUT2D eigenvalue weighted by atomic mass is 10.0. The fourth-order valence-corrected chi connectivity index (χ4v) is 2.09. The Morgan fingerprint density at radius 3 is 2.76 bits per heavy atom. The van der Waals surface area contributed by atoms with E-state index in [0.717, 1.165) is 6.33 Å². The Labute approximate surface area is 116 Å². The van der Waals surface area contributed by atoms with E-state index in [1.54, 1.807) is 18.2 Å². The zero-order valence-electron chi connectivity index (χ0n) is 10.5. The molecule has 2 heterocycles. The molecule has 1 aromatic heterocycles. The smallest absolute Gasteiger partial charge is 0.433 e. The molecule has 1 aromatic carbocycles.